The molecule has 4 heteroatoms. The van der Waals surface area contributed by atoms with E-state index in [1.54, 1.807) is 0 Å². The Morgan fingerprint density at radius 3 is 2.48 bits per heavy atom. The van der Waals surface area contributed by atoms with E-state index in [1.807, 2.05) is 45.0 Å². The van der Waals surface area contributed by atoms with Crippen molar-refractivity contribution in [3.05, 3.63) is 30.1 Å². The molecule has 1 heterocycles. The number of nitrogens with one attached hydrogen (secondary N) is 2. The van der Waals surface area contributed by atoms with E-state index in [1.165, 1.54) is 32.1 Å². The lowest BCUT2D eigenvalue weighted by Crippen LogP contribution is -2.36. The van der Waals surface area contributed by atoms with Crippen LogP contribution in [0, 0.1) is 11.3 Å². The van der Waals surface area contributed by atoms with Crippen LogP contribution in [0.1, 0.15) is 85.9 Å². The predicted molar refractivity (Wildman–Crippen MR) is 116 cm³/mol. The summed E-state index contributed by atoms with van der Waals surface area (Å²) in [6, 6.07) is 7.84. The Bertz CT molecular complexity index is 642. The summed E-state index contributed by atoms with van der Waals surface area (Å²) in [7, 11) is 0. The lowest BCUT2D eigenvalue weighted by molar-refractivity contribution is -0.129. The first-order valence-electron chi connectivity index (χ1n) is 10.6. The summed E-state index contributed by atoms with van der Waals surface area (Å²) in [6.45, 7) is 13.2. The van der Waals surface area contributed by atoms with Crippen LogP contribution in [0.5, 0.6) is 0 Å². The number of rotatable bonds is 9. The predicted octanol–water partition coefficient (Wildman–Crippen LogP) is 6.23. The van der Waals surface area contributed by atoms with Crippen LogP contribution in [0.25, 0.3) is 11.0 Å². The minimum atomic E-state index is -0.327. The number of hydrogen-bond donors (Lipinski definition) is 2. The molecule has 1 aromatic heterocycles. The van der Waals surface area contributed by atoms with E-state index in [0.29, 0.717) is 6.54 Å². The van der Waals surface area contributed by atoms with Crippen LogP contribution < -0.4 is 5.32 Å². The molecule has 0 fully saturated rings. The van der Waals surface area contributed by atoms with E-state index in [-0.39, 0.29) is 11.3 Å². The molecule has 0 spiro atoms. The van der Waals surface area contributed by atoms with Crippen LogP contribution >= 0.6 is 0 Å². The van der Waals surface area contributed by atoms with Crippen LogP contribution in [0.4, 0.5) is 0 Å². The van der Waals surface area contributed by atoms with E-state index in [9.17, 15) is 4.79 Å². The van der Waals surface area contributed by atoms with Gasteiger partial charge in [-0.05, 0) is 24.5 Å². The highest BCUT2D eigenvalue weighted by Gasteiger charge is 2.24. The Labute approximate surface area is 165 Å². The summed E-state index contributed by atoms with van der Waals surface area (Å²) in [5, 5.41) is 2.92. The van der Waals surface area contributed by atoms with Crippen molar-refractivity contribution >= 4 is 16.9 Å². The number of imidazole rings is 1. The van der Waals surface area contributed by atoms with Crippen LogP contribution in [-0.2, 0) is 11.3 Å². The van der Waals surface area contributed by atoms with Crippen molar-refractivity contribution in [2.24, 2.45) is 11.3 Å². The number of carbonyl (C=O) groups excluding carboxylic acids is 1. The van der Waals surface area contributed by atoms with Crippen LogP contribution in [-0.4, -0.2) is 15.9 Å². The average Bonchev–Trinajstić information content (AvgIpc) is 3.09. The molecule has 2 rings (SSSR count). The van der Waals surface area contributed by atoms with Crippen molar-refractivity contribution in [3.8, 4) is 0 Å². The second kappa shape index (κ2) is 11.8. The minimum Gasteiger partial charge on any atom is -0.348 e. The maximum absolute atomic E-state index is 11.9. The molecule has 0 aliphatic heterocycles. The summed E-state index contributed by atoms with van der Waals surface area (Å²) >= 11 is 0. The molecular weight excluding hydrogens is 334 g/mol. The fourth-order valence-electron chi connectivity index (χ4n) is 2.60. The normalized spacial score (nSPS) is 12.4. The summed E-state index contributed by atoms with van der Waals surface area (Å²) in [5.41, 5.74) is 1.60. The van der Waals surface area contributed by atoms with Gasteiger partial charge in [-0.25, -0.2) is 4.98 Å². The molecule has 4 nitrogen and oxygen atoms in total. The SMILES string of the molecule is CCC(C)(C)C(=O)NCc1nc2ccccc2[nH]1.CCCCCC(C)CC. The molecule has 0 saturated heterocycles. The van der Waals surface area contributed by atoms with Gasteiger partial charge in [0.1, 0.15) is 5.82 Å². The van der Waals surface area contributed by atoms with Gasteiger partial charge in [0, 0.05) is 5.41 Å². The van der Waals surface area contributed by atoms with E-state index in [2.05, 4.69) is 36.1 Å². The van der Waals surface area contributed by atoms with Crippen molar-refractivity contribution in [3.63, 3.8) is 0 Å². The Kier molecular flexibility index (Phi) is 10.1. The number of aromatic nitrogens is 2. The highest BCUT2D eigenvalue weighted by atomic mass is 16.2. The van der Waals surface area contributed by atoms with E-state index in [4.69, 9.17) is 0 Å². The second-order valence-corrected chi connectivity index (χ2v) is 8.13. The average molecular weight is 374 g/mol. The van der Waals surface area contributed by atoms with Gasteiger partial charge in [-0.2, -0.15) is 0 Å². The zero-order valence-corrected chi connectivity index (χ0v) is 18.2. The van der Waals surface area contributed by atoms with Gasteiger partial charge in [0.2, 0.25) is 5.91 Å². The monoisotopic (exact) mass is 373 g/mol. The van der Waals surface area contributed by atoms with Crippen LogP contribution in [0.2, 0.25) is 0 Å². The van der Waals surface area contributed by atoms with Crippen molar-refractivity contribution in [1.82, 2.24) is 15.3 Å². The first kappa shape index (κ1) is 23.2. The molecule has 0 aliphatic carbocycles. The third kappa shape index (κ3) is 8.15. The molecule has 1 unspecified atom stereocenters. The molecule has 152 valence electrons. The van der Waals surface area contributed by atoms with Gasteiger partial charge in [-0.3, -0.25) is 4.79 Å². The maximum atomic E-state index is 11.9. The summed E-state index contributed by atoms with van der Waals surface area (Å²) in [4.78, 5) is 19.5. The number of hydrogen-bond acceptors (Lipinski definition) is 2. The van der Waals surface area contributed by atoms with E-state index < -0.39 is 0 Å². The molecule has 0 saturated carbocycles. The fraction of sp³-hybridized carbons (Fsp3) is 0.652. The smallest absolute Gasteiger partial charge is 0.226 e. The van der Waals surface area contributed by atoms with Gasteiger partial charge < -0.3 is 10.3 Å². The Morgan fingerprint density at radius 1 is 1.19 bits per heavy atom. The molecule has 0 bridgehead atoms. The number of carbonyl (C=O) groups is 1. The fourth-order valence-corrected chi connectivity index (χ4v) is 2.60. The standard InChI is InChI=1S/C14H19N3O.C9H20/c1-4-14(2,3)13(18)15-9-12-16-10-7-5-6-8-11(10)17-12;1-4-6-7-8-9(3)5-2/h5-8H,4,9H2,1-3H3,(H,15,18)(H,16,17);9H,4-8H2,1-3H3. The molecular formula is C23H39N3O. The van der Waals surface area contributed by atoms with Crippen molar-refractivity contribution in [1.29, 1.82) is 0 Å². The van der Waals surface area contributed by atoms with Crippen molar-refractivity contribution < 1.29 is 4.79 Å². The number of benzene rings is 1. The molecule has 1 amide bonds. The lowest BCUT2D eigenvalue weighted by Gasteiger charge is -2.20. The molecule has 27 heavy (non-hydrogen) atoms. The molecule has 0 radical (unpaired) electrons. The number of amides is 1. The Balaban J connectivity index is 0.000000345. The third-order valence-electron chi connectivity index (χ3n) is 5.35. The number of para-hydroxylation sites is 2. The number of nitrogens with zero attached hydrogens (tertiary/aromatic N) is 1. The van der Waals surface area contributed by atoms with Gasteiger partial charge >= 0.3 is 0 Å². The first-order valence-corrected chi connectivity index (χ1v) is 10.6. The Hall–Kier alpha value is -1.84. The van der Waals surface area contributed by atoms with Gasteiger partial charge in [-0.15, -0.1) is 0 Å². The Morgan fingerprint density at radius 2 is 1.89 bits per heavy atom. The van der Waals surface area contributed by atoms with Crippen molar-refractivity contribution in [2.75, 3.05) is 0 Å². The summed E-state index contributed by atoms with van der Waals surface area (Å²) in [5.74, 6) is 1.80. The van der Waals surface area contributed by atoms with Gasteiger partial charge in [0.25, 0.3) is 0 Å². The number of H-pyrrole nitrogens is 1. The largest absolute Gasteiger partial charge is 0.348 e. The molecule has 1 aromatic carbocycles. The lowest BCUT2D eigenvalue weighted by atomic mass is 9.89. The van der Waals surface area contributed by atoms with Gasteiger partial charge in [0.15, 0.2) is 0 Å². The van der Waals surface area contributed by atoms with E-state index >= 15 is 0 Å². The highest BCUT2D eigenvalue weighted by Crippen LogP contribution is 2.19. The van der Waals surface area contributed by atoms with Gasteiger partial charge in [-0.1, -0.05) is 85.8 Å². The zero-order chi connectivity index (χ0) is 20.3. The van der Waals surface area contributed by atoms with Crippen LogP contribution in [0.15, 0.2) is 24.3 Å². The van der Waals surface area contributed by atoms with Crippen LogP contribution in [0.3, 0.4) is 0 Å². The number of unbranched alkanes of at least 4 members (excludes halogenated alkanes) is 2. The van der Waals surface area contributed by atoms with Crippen molar-refractivity contribution in [2.45, 2.75) is 86.6 Å². The molecule has 2 aromatic rings. The first-order chi connectivity index (χ1) is 12.8. The zero-order valence-electron chi connectivity index (χ0n) is 18.2. The highest BCUT2D eigenvalue weighted by molar-refractivity contribution is 5.81. The van der Waals surface area contributed by atoms with Gasteiger partial charge in [0.05, 0.1) is 17.6 Å². The molecule has 2 N–H and O–H groups in total. The topological polar surface area (TPSA) is 57.8 Å². The second-order valence-electron chi connectivity index (χ2n) is 8.13. The number of fused-ring (bicyclic) bond motifs is 1. The summed E-state index contributed by atoms with van der Waals surface area (Å²) < 4.78 is 0. The minimum absolute atomic E-state index is 0.0606. The molecule has 1 atom stereocenters. The molecule has 0 aliphatic rings. The third-order valence-corrected chi connectivity index (χ3v) is 5.35. The van der Waals surface area contributed by atoms with E-state index in [0.717, 1.165) is 29.2 Å². The quantitative estimate of drug-likeness (QED) is 0.512. The maximum Gasteiger partial charge on any atom is 0.226 e. The summed E-state index contributed by atoms with van der Waals surface area (Å²) in [6.07, 6.45) is 7.82. The number of aromatic amines is 1.